The number of nitrogen functional groups attached to an aromatic ring is 1. The van der Waals surface area contributed by atoms with Gasteiger partial charge in [0, 0.05) is 47.7 Å². The molecule has 4 N–H and O–H groups in total. The molecular formula is C16H20N4O. The fraction of sp³-hybridized carbons (Fsp3) is 0.375. The summed E-state index contributed by atoms with van der Waals surface area (Å²) in [5.74, 6) is 0.942. The molecular weight excluding hydrogens is 264 g/mol. The third-order valence-corrected chi connectivity index (χ3v) is 4.10. The van der Waals surface area contributed by atoms with Gasteiger partial charge in [0.1, 0.15) is 5.82 Å². The van der Waals surface area contributed by atoms with Gasteiger partial charge in [-0.1, -0.05) is 6.07 Å². The van der Waals surface area contributed by atoms with E-state index in [-0.39, 0.29) is 12.6 Å². The molecule has 1 aliphatic rings. The Kier molecular flexibility index (Phi) is 3.86. The van der Waals surface area contributed by atoms with Crippen molar-refractivity contribution in [2.45, 2.75) is 25.3 Å². The molecule has 0 amide bonds. The lowest BCUT2D eigenvalue weighted by Crippen LogP contribution is -2.24. The van der Waals surface area contributed by atoms with Crippen LogP contribution in [0.3, 0.4) is 0 Å². The molecule has 3 rings (SSSR count). The minimum Gasteiger partial charge on any atom is -0.395 e. The molecule has 2 atom stereocenters. The van der Waals surface area contributed by atoms with Crippen LogP contribution in [-0.4, -0.2) is 34.3 Å². The molecule has 110 valence electrons. The van der Waals surface area contributed by atoms with E-state index in [4.69, 9.17) is 5.73 Å². The molecule has 3 heterocycles. The molecule has 5 nitrogen and oxygen atoms in total. The van der Waals surface area contributed by atoms with Crippen LogP contribution in [0, 0.1) is 6.92 Å². The quantitative estimate of drug-likeness (QED) is 0.795. The van der Waals surface area contributed by atoms with E-state index < -0.39 is 0 Å². The van der Waals surface area contributed by atoms with Gasteiger partial charge in [-0.25, -0.2) is 4.98 Å². The first-order valence-electron chi connectivity index (χ1n) is 7.20. The van der Waals surface area contributed by atoms with Crippen molar-refractivity contribution < 1.29 is 5.11 Å². The largest absolute Gasteiger partial charge is 0.395 e. The number of pyridine rings is 2. The first-order valence-corrected chi connectivity index (χ1v) is 7.20. The molecule has 2 unspecified atom stereocenters. The van der Waals surface area contributed by atoms with Gasteiger partial charge < -0.3 is 16.2 Å². The number of rotatable bonds is 3. The molecule has 0 saturated carbocycles. The molecule has 0 spiro atoms. The summed E-state index contributed by atoms with van der Waals surface area (Å²) >= 11 is 0. The number of hydrogen-bond acceptors (Lipinski definition) is 5. The normalized spacial score (nSPS) is 21.6. The standard InChI is InChI=1S/C16H20N4O/c1-10-4-12(7-20-16(10)17)11-2-3-15(19-6-11)13-5-14(9-21)18-8-13/h2-4,6-7,13-14,18,21H,5,8-9H2,1H3,(H2,17,20). The lowest BCUT2D eigenvalue weighted by atomic mass is 10.00. The molecule has 1 fully saturated rings. The minimum atomic E-state index is 0.185. The predicted molar refractivity (Wildman–Crippen MR) is 82.9 cm³/mol. The van der Waals surface area contributed by atoms with Gasteiger partial charge in [-0.2, -0.15) is 0 Å². The van der Waals surface area contributed by atoms with Crippen LogP contribution in [0.4, 0.5) is 5.82 Å². The molecule has 21 heavy (non-hydrogen) atoms. The van der Waals surface area contributed by atoms with E-state index in [2.05, 4.69) is 27.4 Å². The van der Waals surface area contributed by atoms with Crippen molar-refractivity contribution in [1.82, 2.24) is 15.3 Å². The second-order valence-corrected chi connectivity index (χ2v) is 5.62. The summed E-state index contributed by atoms with van der Waals surface area (Å²) in [4.78, 5) is 8.77. The van der Waals surface area contributed by atoms with Gasteiger partial charge in [-0.15, -0.1) is 0 Å². The van der Waals surface area contributed by atoms with Gasteiger partial charge in [-0.05, 0) is 31.0 Å². The highest BCUT2D eigenvalue weighted by atomic mass is 16.3. The van der Waals surface area contributed by atoms with Crippen molar-refractivity contribution in [2.24, 2.45) is 0 Å². The second kappa shape index (κ2) is 5.79. The van der Waals surface area contributed by atoms with Crippen molar-refractivity contribution in [3.63, 3.8) is 0 Å². The third kappa shape index (κ3) is 2.89. The summed E-state index contributed by atoms with van der Waals surface area (Å²) in [6.07, 6.45) is 4.59. The fourth-order valence-corrected chi connectivity index (χ4v) is 2.74. The number of nitrogens with two attached hydrogens (primary N) is 1. The molecule has 0 aromatic carbocycles. The fourth-order valence-electron chi connectivity index (χ4n) is 2.74. The molecule has 5 heteroatoms. The van der Waals surface area contributed by atoms with E-state index in [0.29, 0.717) is 11.7 Å². The van der Waals surface area contributed by atoms with E-state index in [1.54, 1.807) is 6.20 Å². The van der Waals surface area contributed by atoms with Crippen LogP contribution in [0.25, 0.3) is 11.1 Å². The number of aliphatic hydroxyl groups excluding tert-OH is 1. The van der Waals surface area contributed by atoms with Crippen molar-refractivity contribution in [3.05, 3.63) is 41.9 Å². The number of aryl methyl sites for hydroxylation is 1. The zero-order valence-electron chi connectivity index (χ0n) is 12.1. The monoisotopic (exact) mass is 284 g/mol. The first-order chi connectivity index (χ1) is 10.2. The van der Waals surface area contributed by atoms with E-state index in [1.807, 2.05) is 19.2 Å². The molecule has 0 bridgehead atoms. The Balaban J connectivity index is 1.79. The number of aliphatic hydroxyl groups is 1. The maximum Gasteiger partial charge on any atom is 0.126 e. The highest BCUT2D eigenvalue weighted by molar-refractivity contribution is 5.64. The Hall–Kier alpha value is -1.98. The molecule has 0 radical (unpaired) electrons. The average Bonchev–Trinajstić information content (AvgIpc) is 2.99. The minimum absolute atomic E-state index is 0.185. The Morgan fingerprint density at radius 3 is 2.71 bits per heavy atom. The van der Waals surface area contributed by atoms with Gasteiger partial charge in [0.05, 0.1) is 6.61 Å². The van der Waals surface area contributed by atoms with Crippen LogP contribution < -0.4 is 11.1 Å². The van der Waals surface area contributed by atoms with E-state index >= 15 is 0 Å². The molecule has 1 saturated heterocycles. The van der Waals surface area contributed by atoms with Crippen molar-refractivity contribution in [2.75, 3.05) is 18.9 Å². The second-order valence-electron chi connectivity index (χ2n) is 5.62. The van der Waals surface area contributed by atoms with Gasteiger partial charge in [0.15, 0.2) is 0 Å². The highest BCUT2D eigenvalue weighted by Crippen LogP contribution is 2.26. The summed E-state index contributed by atoms with van der Waals surface area (Å²) in [5.41, 5.74) is 9.86. The predicted octanol–water partition coefficient (Wildman–Crippen LogP) is 1.47. The van der Waals surface area contributed by atoms with E-state index in [9.17, 15) is 5.11 Å². The Morgan fingerprint density at radius 1 is 1.29 bits per heavy atom. The lowest BCUT2D eigenvalue weighted by molar-refractivity contribution is 0.254. The smallest absolute Gasteiger partial charge is 0.126 e. The van der Waals surface area contributed by atoms with Gasteiger partial charge in [-0.3, -0.25) is 4.98 Å². The van der Waals surface area contributed by atoms with Crippen molar-refractivity contribution in [1.29, 1.82) is 0 Å². The molecule has 2 aromatic rings. The Labute approximate surface area is 124 Å². The summed E-state index contributed by atoms with van der Waals surface area (Å²) in [6.45, 7) is 3.01. The number of aromatic nitrogens is 2. The van der Waals surface area contributed by atoms with Crippen LogP contribution in [0.15, 0.2) is 30.6 Å². The summed E-state index contributed by atoms with van der Waals surface area (Å²) in [7, 11) is 0. The topological polar surface area (TPSA) is 84.1 Å². The Morgan fingerprint density at radius 2 is 2.10 bits per heavy atom. The first kappa shape index (κ1) is 14.0. The average molecular weight is 284 g/mol. The van der Waals surface area contributed by atoms with Gasteiger partial charge >= 0.3 is 0 Å². The lowest BCUT2D eigenvalue weighted by Gasteiger charge is -2.10. The van der Waals surface area contributed by atoms with Crippen LogP contribution in [-0.2, 0) is 0 Å². The van der Waals surface area contributed by atoms with Crippen molar-refractivity contribution in [3.8, 4) is 11.1 Å². The van der Waals surface area contributed by atoms with Crippen LogP contribution in [0.1, 0.15) is 23.6 Å². The molecule has 1 aliphatic heterocycles. The summed E-state index contributed by atoms with van der Waals surface area (Å²) < 4.78 is 0. The number of nitrogens with one attached hydrogen (secondary N) is 1. The maximum atomic E-state index is 9.17. The van der Waals surface area contributed by atoms with E-state index in [1.165, 1.54) is 0 Å². The number of hydrogen-bond donors (Lipinski definition) is 3. The third-order valence-electron chi connectivity index (χ3n) is 4.10. The van der Waals surface area contributed by atoms with Crippen molar-refractivity contribution >= 4 is 5.82 Å². The van der Waals surface area contributed by atoms with Crippen LogP contribution in [0.2, 0.25) is 0 Å². The molecule has 2 aromatic heterocycles. The Bertz CT molecular complexity index is 627. The maximum absolute atomic E-state index is 9.17. The van der Waals surface area contributed by atoms with Gasteiger partial charge in [0.25, 0.3) is 0 Å². The summed E-state index contributed by atoms with van der Waals surface area (Å²) in [5, 5.41) is 12.5. The number of nitrogens with zero attached hydrogens (tertiary/aromatic N) is 2. The SMILES string of the molecule is Cc1cc(-c2ccc(C3CNC(CO)C3)nc2)cnc1N. The zero-order valence-corrected chi connectivity index (χ0v) is 12.1. The molecule has 0 aliphatic carbocycles. The zero-order chi connectivity index (χ0) is 14.8. The van der Waals surface area contributed by atoms with Crippen LogP contribution in [0.5, 0.6) is 0 Å². The number of anilines is 1. The summed E-state index contributed by atoms with van der Waals surface area (Å²) in [6, 6.07) is 6.35. The van der Waals surface area contributed by atoms with E-state index in [0.717, 1.165) is 35.3 Å². The van der Waals surface area contributed by atoms with Gasteiger partial charge in [0.2, 0.25) is 0 Å². The van der Waals surface area contributed by atoms with Crippen LogP contribution >= 0.6 is 0 Å². The highest BCUT2D eigenvalue weighted by Gasteiger charge is 2.25.